The fraction of sp³-hybridized carbons (Fsp3) is 0.929. The van der Waals surface area contributed by atoms with Crippen molar-refractivity contribution in [2.75, 3.05) is 6.61 Å². The van der Waals surface area contributed by atoms with Crippen LogP contribution in [0.25, 0.3) is 0 Å². The highest BCUT2D eigenvalue weighted by Crippen LogP contribution is 2.56. The third-order valence-electron chi connectivity index (χ3n) is 4.24. The molecule has 0 bridgehead atoms. The van der Waals surface area contributed by atoms with Gasteiger partial charge in [0.25, 0.3) is 0 Å². The molecule has 1 aliphatic carbocycles. The summed E-state index contributed by atoms with van der Waals surface area (Å²) in [4.78, 5) is 11.4. The first kappa shape index (κ1) is 12.9. The Bertz CT molecular complexity index is 314. The Labute approximate surface area is 104 Å². The minimum absolute atomic E-state index is 0.166. The van der Waals surface area contributed by atoms with Gasteiger partial charge < -0.3 is 9.84 Å². The smallest absolute Gasteiger partial charge is 0.309 e. The van der Waals surface area contributed by atoms with Gasteiger partial charge in [0, 0.05) is 6.61 Å². The Morgan fingerprint density at radius 1 is 1.12 bits per heavy atom. The van der Waals surface area contributed by atoms with Crippen molar-refractivity contribution in [3.63, 3.8) is 0 Å². The van der Waals surface area contributed by atoms with Gasteiger partial charge in [-0.25, -0.2) is 0 Å². The summed E-state index contributed by atoms with van der Waals surface area (Å²) in [6, 6.07) is 0. The van der Waals surface area contributed by atoms with E-state index in [0.29, 0.717) is 13.0 Å². The lowest BCUT2D eigenvalue weighted by Gasteiger charge is -2.51. The monoisotopic (exact) mass is 240 g/mol. The molecule has 1 heterocycles. The van der Waals surface area contributed by atoms with Crippen molar-refractivity contribution in [1.82, 2.24) is 0 Å². The van der Waals surface area contributed by atoms with Crippen LogP contribution in [-0.2, 0) is 9.53 Å². The van der Waals surface area contributed by atoms with Gasteiger partial charge in [0.15, 0.2) is 0 Å². The zero-order valence-corrected chi connectivity index (χ0v) is 11.4. The summed E-state index contributed by atoms with van der Waals surface area (Å²) in [7, 11) is 0. The van der Waals surface area contributed by atoms with Crippen LogP contribution in [0.1, 0.15) is 53.4 Å². The van der Waals surface area contributed by atoms with Gasteiger partial charge in [-0.1, -0.05) is 27.7 Å². The molecule has 2 aliphatic rings. The molecule has 2 fully saturated rings. The Kier molecular flexibility index (Phi) is 2.81. The van der Waals surface area contributed by atoms with Gasteiger partial charge in [-0.15, -0.1) is 0 Å². The van der Waals surface area contributed by atoms with Crippen LogP contribution in [0.2, 0.25) is 0 Å². The van der Waals surface area contributed by atoms with Crippen LogP contribution >= 0.6 is 0 Å². The van der Waals surface area contributed by atoms with Crippen LogP contribution in [0.5, 0.6) is 0 Å². The molecule has 1 unspecified atom stereocenters. The van der Waals surface area contributed by atoms with Crippen molar-refractivity contribution in [3.8, 4) is 0 Å². The zero-order valence-electron chi connectivity index (χ0n) is 11.4. The fourth-order valence-electron chi connectivity index (χ4n) is 4.54. The summed E-state index contributed by atoms with van der Waals surface area (Å²) < 4.78 is 5.95. The van der Waals surface area contributed by atoms with Crippen molar-refractivity contribution in [2.24, 2.45) is 16.7 Å². The van der Waals surface area contributed by atoms with Gasteiger partial charge in [0.1, 0.15) is 0 Å². The van der Waals surface area contributed by atoms with Gasteiger partial charge in [-0.05, 0) is 36.5 Å². The highest BCUT2D eigenvalue weighted by atomic mass is 16.5. The summed E-state index contributed by atoms with van der Waals surface area (Å²) in [5.74, 6) is -1.00. The number of carboxylic acids is 1. The Morgan fingerprint density at radius 3 is 2.12 bits per heavy atom. The maximum Gasteiger partial charge on any atom is 0.309 e. The van der Waals surface area contributed by atoms with Gasteiger partial charge in [-0.3, -0.25) is 4.79 Å². The average molecular weight is 240 g/mol. The summed E-state index contributed by atoms with van der Waals surface area (Å²) in [5, 5.41) is 9.39. The molecule has 1 spiro atoms. The molecule has 2 rings (SSSR count). The number of hydrogen-bond acceptors (Lipinski definition) is 2. The van der Waals surface area contributed by atoms with E-state index in [4.69, 9.17) is 4.74 Å². The van der Waals surface area contributed by atoms with E-state index >= 15 is 0 Å². The van der Waals surface area contributed by atoms with E-state index in [2.05, 4.69) is 27.7 Å². The quantitative estimate of drug-likeness (QED) is 0.766. The molecule has 17 heavy (non-hydrogen) atoms. The Balaban J connectivity index is 2.33. The maximum atomic E-state index is 11.4. The molecule has 1 atom stereocenters. The molecular weight excluding hydrogens is 216 g/mol. The number of carboxylic acid groups (broad SMARTS) is 1. The largest absolute Gasteiger partial charge is 0.481 e. The molecule has 1 saturated heterocycles. The van der Waals surface area contributed by atoms with E-state index in [1.165, 1.54) is 0 Å². The molecule has 3 nitrogen and oxygen atoms in total. The molecule has 0 aromatic rings. The second-order valence-corrected chi connectivity index (χ2v) is 7.45. The van der Waals surface area contributed by atoms with Crippen molar-refractivity contribution in [3.05, 3.63) is 0 Å². The van der Waals surface area contributed by atoms with E-state index in [9.17, 15) is 9.90 Å². The second-order valence-electron chi connectivity index (χ2n) is 7.45. The SMILES string of the molecule is CC1(C)CC(C)(C)CC2(C1)OCCC2C(=O)O. The first-order chi connectivity index (χ1) is 7.66. The number of aliphatic carboxylic acids is 1. The molecule has 3 heteroatoms. The normalized spacial score (nSPS) is 33.8. The number of ether oxygens (including phenoxy) is 1. The number of rotatable bonds is 1. The standard InChI is InChI=1S/C14H24O3/c1-12(2)7-13(3,4)9-14(8-12)10(11(15)16)5-6-17-14/h10H,5-9H2,1-4H3,(H,15,16). The minimum atomic E-state index is -0.684. The van der Waals surface area contributed by atoms with Crippen LogP contribution < -0.4 is 0 Å². The lowest BCUT2D eigenvalue weighted by atomic mass is 9.57. The molecule has 0 aromatic heterocycles. The minimum Gasteiger partial charge on any atom is -0.481 e. The Morgan fingerprint density at radius 2 is 1.65 bits per heavy atom. The topological polar surface area (TPSA) is 46.5 Å². The predicted molar refractivity (Wildman–Crippen MR) is 65.8 cm³/mol. The van der Waals surface area contributed by atoms with Crippen molar-refractivity contribution in [1.29, 1.82) is 0 Å². The van der Waals surface area contributed by atoms with Gasteiger partial charge in [-0.2, -0.15) is 0 Å². The maximum absolute atomic E-state index is 11.4. The number of carbonyl (C=O) groups is 1. The van der Waals surface area contributed by atoms with E-state index in [-0.39, 0.29) is 16.7 Å². The first-order valence-electron chi connectivity index (χ1n) is 6.53. The highest BCUT2D eigenvalue weighted by Gasteiger charge is 2.56. The Hall–Kier alpha value is -0.570. The van der Waals surface area contributed by atoms with Crippen LogP contribution in [-0.4, -0.2) is 23.3 Å². The number of hydrogen-bond donors (Lipinski definition) is 1. The third kappa shape index (κ3) is 2.35. The van der Waals surface area contributed by atoms with Crippen molar-refractivity contribution < 1.29 is 14.6 Å². The summed E-state index contributed by atoms with van der Waals surface area (Å²) in [5.41, 5.74) is -0.0866. The van der Waals surface area contributed by atoms with Gasteiger partial charge >= 0.3 is 5.97 Å². The lowest BCUT2D eigenvalue weighted by Crippen LogP contribution is -2.51. The van der Waals surface area contributed by atoms with Crippen LogP contribution in [0.3, 0.4) is 0 Å². The summed E-state index contributed by atoms with van der Waals surface area (Å²) >= 11 is 0. The molecular formula is C14H24O3. The second kappa shape index (κ2) is 3.71. The van der Waals surface area contributed by atoms with Crippen LogP contribution in [0.15, 0.2) is 0 Å². The van der Waals surface area contributed by atoms with E-state index in [1.54, 1.807) is 0 Å². The predicted octanol–water partition coefficient (Wildman–Crippen LogP) is 3.08. The molecule has 0 radical (unpaired) electrons. The molecule has 1 aliphatic heterocycles. The third-order valence-corrected chi connectivity index (χ3v) is 4.24. The van der Waals surface area contributed by atoms with Crippen molar-refractivity contribution >= 4 is 5.97 Å². The van der Waals surface area contributed by atoms with Crippen molar-refractivity contribution in [2.45, 2.75) is 59.0 Å². The van der Waals surface area contributed by atoms with Crippen LogP contribution in [0, 0.1) is 16.7 Å². The molecule has 98 valence electrons. The van der Waals surface area contributed by atoms with Gasteiger partial charge in [0.2, 0.25) is 0 Å². The van der Waals surface area contributed by atoms with E-state index in [0.717, 1.165) is 19.3 Å². The van der Waals surface area contributed by atoms with Gasteiger partial charge in [0.05, 0.1) is 11.5 Å². The lowest BCUT2D eigenvalue weighted by molar-refractivity contribution is -0.160. The van der Waals surface area contributed by atoms with E-state index < -0.39 is 11.6 Å². The highest BCUT2D eigenvalue weighted by molar-refractivity contribution is 5.72. The van der Waals surface area contributed by atoms with E-state index in [1.807, 2.05) is 0 Å². The summed E-state index contributed by atoms with van der Waals surface area (Å²) in [6.07, 6.45) is 3.56. The molecule has 1 saturated carbocycles. The first-order valence-corrected chi connectivity index (χ1v) is 6.53. The molecule has 0 aromatic carbocycles. The molecule has 0 amide bonds. The molecule has 1 N–H and O–H groups in total. The fourth-order valence-corrected chi connectivity index (χ4v) is 4.54. The average Bonchev–Trinajstić information content (AvgIpc) is 2.40. The summed E-state index contributed by atoms with van der Waals surface area (Å²) in [6.45, 7) is 9.53. The zero-order chi connectivity index (χ0) is 12.9. The van der Waals surface area contributed by atoms with Crippen LogP contribution in [0.4, 0.5) is 0 Å².